The molecule has 0 heterocycles. The minimum atomic E-state index is -3.81. The number of nitrogens with one attached hydrogen (secondary N) is 1. The van der Waals surface area contributed by atoms with Crippen molar-refractivity contribution in [3.05, 3.63) is 39.7 Å². The Labute approximate surface area is 128 Å². The first-order valence-electron chi connectivity index (χ1n) is 6.51. The molecule has 0 aliphatic rings. The van der Waals surface area contributed by atoms with E-state index in [1.807, 2.05) is 0 Å². The fraction of sp³-hybridized carbons (Fsp3) is 0.462. The van der Waals surface area contributed by atoms with Crippen molar-refractivity contribution in [2.45, 2.75) is 39.2 Å². The molecule has 9 heteroatoms. The highest BCUT2D eigenvalue weighted by Crippen LogP contribution is 2.17. The van der Waals surface area contributed by atoms with Crippen molar-refractivity contribution in [3.8, 4) is 0 Å². The number of nitrogens with zero attached hydrogens (tertiary/aromatic N) is 2. The van der Waals surface area contributed by atoms with Gasteiger partial charge in [0.2, 0.25) is 0 Å². The van der Waals surface area contributed by atoms with Crippen molar-refractivity contribution in [3.63, 3.8) is 0 Å². The van der Waals surface area contributed by atoms with E-state index in [1.165, 1.54) is 0 Å². The van der Waals surface area contributed by atoms with E-state index in [2.05, 4.69) is 9.12 Å². The maximum absolute atomic E-state index is 13.5. The number of aryl methyl sites for hydroxylation is 1. The van der Waals surface area contributed by atoms with Crippen LogP contribution in [0.15, 0.2) is 22.6 Å². The topological polar surface area (TPSA) is 102 Å². The van der Waals surface area contributed by atoms with Gasteiger partial charge in [0.05, 0.1) is 4.92 Å². The first kappa shape index (κ1) is 18.2. The van der Waals surface area contributed by atoms with Crippen LogP contribution in [0.4, 0.5) is 10.1 Å². The van der Waals surface area contributed by atoms with E-state index in [-0.39, 0.29) is 24.1 Å². The lowest BCUT2D eigenvalue weighted by molar-refractivity contribution is -0.385. The van der Waals surface area contributed by atoms with Crippen molar-refractivity contribution in [1.82, 2.24) is 4.72 Å². The summed E-state index contributed by atoms with van der Waals surface area (Å²) in [5.41, 5.74) is -0.723. The molecular formula is C13H18FN3O4S. The highest BCUT2D eigenvalue weighted by atomic mass is 32.2. The van der Waals surface area contributed by atoms with E-state index < -0.39 is 26.5 Å². The lowest BCUT2D eigenvalue weighted by atomic mass is 10.1. The summed E-state index contributed by atoms with van der Waals surface area (Å²) in [6.45, 7) is 5.04. The normalized spacial score (nSPS) is 12.7. The third-order valence-electron chi connectivity index (χ3n) is 2.43. The molecule has 0 bridgehead atoms. The highest BCUT2D eigenvalue weighted by Gasteiger charge is 2.18. The summed E-state index contributed by atoms with van der Waals surface area (Å²) in [7, 11) is -3.81. The molecule has 1 N–H and O–H groups in total. The predicted octanol–water partition coefficient (Wildman–Crippen LogP) is 2.37. The molecule has 7 nitrogen and oxygen atoms in total. The van der Waals surface area contributed by atoms with Crippen LogP contribution in [-0.2, 0) is 16.6 Å². The second-order valence-corrected chi connectivity index (χ2v) is 7.05. The lowest BCUT2D eigenvalue weighted by Gasteiger charge is -2.17. The van der Waals surface area contributed by atoms with Gasteiger partial charge in [0, 0.05) is 23.9 Å². The molecule has 0 aliphatic heterocycles. The molecular weight excluding hydrogens is 313 g/mol. The van der Waals surface area contributed by atoms with Crippen molar-refractivity contribution in [2.24, 2.45) is 4.40 Å². The Morgan fingerprint density at radius 1 is 1.41 bits per heavy atom. The van der Waals surface area contributed by atoms with E-state index in [4.69, 9.17) is 0 Å². The van der Waals surface area contributed by atoms with Crippen molar-refractivity contribution in [2.75, 3.05) is 0 Å². The van der Waals surface area contributed by atoms with E-state index in [0.717, 1.165) is 24.4 Å². The first-order valence-corrected chi connectivity index (χ1v) is 7.95. The minimum Gasteiger partial charge on any atom is -0.258 e. The predicted molar refractivity (Wildman–Crippen MR) is 81.7 cm³/mol. The Hall–Kier alpha value is -1.87. The Kier molecular flexibility index (Phi) is 5.72. The number of hydrogen-bond donors (Lipinski definition) is 1. The summed E-state index contributed by atoms with van der Waals surface area (Å²) >= 11 is 0. The molecule has 0 saturated heterocycles. The third kappa shape index (κ3) is 6.27. The van der Waals surface area contributed by atoms with E-state index in [9.17, 15) is 22.9 Å². The van der Waals surface area contributed by atoms with Crippen LogP contribution in [-0.4, -0.2) is 25.1 Å². The Morgan fingerprint density at radius 3 is 2.59 bits per heavy atom. The van der Waals surface area contributed by atoms with Gasteiger partial charge in [0.15, 0.2) is 0 Å². The first-order chi connectivity index (χ1) is 10.0. The molecule has 0 amide bonds. The number of benzene rings is 1. The van der Waals surface area contributed by atoms with Gasteiger partial charge in [0.25, 0.3) is 5.69 Å². The Bertz CT molecular complexity index is 681. The van der Waals surface area contributed by atoms with Crippen LogP contribution in [0.5, 0.6) is 0 Å². The summed E-state index contributed by atoms with van der Waals surface area (Å²) < 4.78 is 42.5. The summed E-state index contributed by atoms with van der Waals surface area (Å²) in [5, 5.41) is 10.6. The second-order valence-electron chi connectivity index (χ2n) is 5.69. The molecule has 1 aromatic carbocycles. The van der Waals surface area contributed by atoms with E-state index in [1.54, 1.807) is 20.8 Å². The number of rotatable bonds is 6. The van der Waals surface area contributed by atoms with Crippen LogP contribution in [0.1, 0.15) is 32.8 Å². The summed E-state index contributed by atoms with van der Waals surface area (Å²) in [5.74, 6) is -0.574. The van der Waals surface area contributed by atoms with Crippen LogP contribution in [0, 0.1) is 15.9 Å². The maximum Gasteiger partial charge on any atom is 0.319 e. The average molecular weight is 331 g/mol. The fourth-order valence-corrected chi connectivity index (χ4v) is 2.78. The Balaban J connectivity index is 2.70. The van der Waals surface area contributed by atoms with Crippen LogP contribution in [0.2, 0.25) is 0 Å². The van der Waals surface area contributed by atoms with Crippen LogP contribution in [0.3, 0.4) is 0 Å². The quantitative estimate of drug-likeness (QED) is 0.491. The molecule has 0 unspecified atom stereocenters. The zero-order chi connectivity index (χ0) is 17.0. The maximum atomic E-state index is 13.5. The van der Waals surface area contributed by atoms with E-state index >= 15 is 0 Å². The fourth-order valence-electron chi connectivity index (χ4n) is 1.65. The largest absolute Gasteiger partial charge is 0.319 e. The zero-order valence-electron chi connectivity index (χ0n) is 12.5. The Morgan fingerprint density at radius 2 is 2.05 bits per heavy atom. The van der Waals surface area contributed by atoms with Gasteiger partial charge in [-0.05, 0) is 45.2 Å². The highest BCUT2D eigenvalue weighted by molar-refractivity contribution is 7.88. The van der Waals surface area contributed by atoms with Crippen LogP contribution < -0.4 is 4.72 Å². The standard InChI is InChI=1S/C13H18FN3O4S/c1-13(2,3)16-22(20,21)15-8-4-5-10-9-11(17(18)19)6-7-12(10)14/h6-9,16H,4-5H2,1-3H3. The van der Waals surface area contributed by atoms with Gasteiger partial charge in [-0.2, -0.15) is 17.5 Å². The molecule has 0 fully saturated rings. The van der Waals surface area contributed by atoms with Gasteiger partial charge in [0.1, 0.15) is 5.82 Å². The van der Waals surface area contributed by atoms with Crippen LogP contribution >= 0.6 is 0 Å². The number of halogens is 1. The molecule has 0 spiro atoms. The molecule has 1 rings (SSSR count). The summed E-state index contributed by atoms with van der Waals surface area (Å²) in [6.07, 6.45) is 1.40. The van der Waals surface area contributed by atoms with Crippen molar-refractivity contribution < 1.29 is 17.7 Å². The van der Waals surface area contributed by atoms with Gasteiger partial charge in [-0.25, -0.2) is 4.39 Å². The molecule has 0 atom stereocenters. The number of nitro groups is 1. The summed E-state index contributed by atoms with van der Waals surface area (Å²) in [4.78, 5) is 10.0. The van der Waals surface area contributed by atoms with Gasteiger partial charge in [-0.1, -0.05) is 0 Å². The minimum absolute atomic E-state index is 0.113. The van der Waals surface area contributed by atoms with E-state index in [0.29, 0.717) is 0 Å². The molecule has 122 valence electrons. The number of hydrogen-bond acceptors (Lipinski definition) is 4. The molecule has 0 saturated carbocycles. The van der Waals surface area contributed by atoms with Gasteiger partial charge in [-0.3, -0.25) is 10.1 Å². The molecule has 1 aromatic rings. The summed E-state index contributed by atoms with van der Waals surface area (Å²) in [6, 6.07) is 3.22. The van der Waals surface area contributed by atoms with Crippen molar-refractivity contribution >= 4 is 22.1 Å². The third-order valence-corrected chi connectivity index (χ3v) is 3.73. The van der Waals surface area contributed by atoms with Crippen molar-refractivity contribution in [1.29, 1.82) is 0 Å². The smallest absolute Gasteiger partial charge is 0.258 e. The number of non-ortho nitro benzene ring substituents is 1. The lowest BCUT2D eigenvalue weighted by Crippen LogP contribution is -2.39. The molecule has 0 radical (unpaired) electrons. The molecule has 0 aromatic heterocycles. The SMILES string of the molecule is CC(C)(C)NS(=O)(=O)N=CCCc1cc([N+](=O)[O-])ccc1F. The molecule has 0 aliphatic carbocycles. The van der Waals surface area contributed by atoms with Gasteiger partial charge in [-0.15, -0.1) is 0 Å². The van der Waals surface area contributed by atoms with Gasteiger partial charge < -0.3 is 0 Å². The number of nitro benzene ring substituents is 1. The van der Waals surface area contributed by atoms with Crippen LogP contribution in [0.25, 0.3) is 0 Å². The zero-order valence-corrected chi connectivity index (χ0v) is 13.4. The second kappa shape index (κ2) is 6.93. The average Bonchev–Trinajstić information content (AvgIpc) is 2.33. The molecule has 22 heavy (non-hydrogen) atoms. The monoisotopic (exact) mass is 331 g/mol. The van der Waals surface area contributed by atoms with Gasteiger partial charge >= 0.3 is 10.2 Å².